The number of pyridine rings is 1. The van der Waals surface area contributed by atoms with Crippen molar-refractivity contribution in [3.8, 4) is 5.88 Å². The fourth-order valence-corrected chi connectivity index (χ4v) is 2.21. The third kappa shape index (κ3) is 5.11. The van der Waals surface area contributed by atoms with Crippen LogP contribution >= 0.6 is 0 Å². The molecule has 0 saturated heterocycles. The molecule has 2 amide bonds. The van der Waals surface area contributed by atoms with Gasteiger partial charge in [0, 0.05) is 12.5 Å². The summed E-state index contributed by atoms with van der Waals surface area (Å²) in [4.78, 5) is 31.9. The molecule has 0 atom stereocenters. The summed E-state index contributed by atoms with van der Waals surface area (Å²) < 4.78 is 10.0. The van der Waals surface area contributed by atoms with Gasteiger partial charge in [-0.3, -0.25) is 9.59 Å². The molecule has 0 unspecified atom stereocenters. The quantitative estimate of drug-likeness (QED) is 0.631. The van der Waals surface area contributed by atoms with Gasteiger partial charge >= 0.3 is 11.8 Å². The van der Waals surface area contributed by atoms with E-state index in [-0.39, 0.29) is 12.4 Å². The number of methoxy groups -OCH3 is 1. The Morgan fingerprint density at radius 2 is 1.93 bits per heavy atom. The number of aromatic nitrogens is 3. The first kappa shape index (κ1) is 18.1. The molecule has 27 heavy (non-hydrogen) atoms. The third-order valence-corrected chi connectivity index (χ3v) is 3.52. The molecule has 138 valence electrons. The zero-order chi connectivity index (χ0) is 19.1. The summed E-state index contributed by atoms with van der Waals surface area (Å²) in [6.45, 7) is -0.0467. The molecule has 0 radical (unpaired) electrons. The Hall–Kier alpha value is -3.75. The molecule has 9 heteroatoms. The molecule has 0 aliphatic rings. The Morgan fingerprint density at radius 3 is 2.63 bits per heavy atom. The van der Waals surface area contributed by atoms with E-state index in [1.54, 1.807) is 12.1 Å². The van der Waals surface area contributed by atoms with Crippen molar-refractivity contribution in [3.05, 3.63) is 65.9 Å². The Bertz CT molecular complexity index is 909. The smallest absolute Gasteiger partial charge is 0.313 e. The molecule has 0 spiro atoms. The molecular weight excluding hydrogens is 350 g/mol. The van der Waals surface area contributed by atoms with Crippen LogP contribution in [0.25, 0.3) is 0 Å². The molecule has 0 fully saturated rings. The standard InChI is InChI=1S/C18H17N5O4/c1-26-15-8-7-13(10-19-15)21-18(25)17(24)20-11-16-22-14(23-27-16)9-12-5-3-2-4-6-12/h2-8,10H,9,11H2,1H3,(H,20,24)(H,21,25). The minimum Gasteiger partial charge on any atom is -0.481 e. The SMILES string of the molecule is COc1ccc(NC(=O)C(=O)NCc2nc(Cc3ccccc3)no2)cn1. The lowest BCUT2D eigenvalue weighted by molar-refractivity contribution is -0.136. The number of carbonyl (C=O) groups is 2. The lowest BCUT2D eigenvalue weighted by Gasteiger charge is -2.05. The lowest BCUT2D eigenvalue weighted by atomic mass is 10.1. The fourth-order valence-electron chi connectivity index (χ4n) is 2.21. The number of carbonyl (C=O) groups excluding carboxylic acids is 2. The Labute approximate surface area is 154 Å². The van der Waals surface area contributed by atoms with Gasteiger partial charge in [0.15, 0.2) is 5.82 Å². The number of amides is 2. The molecule has 2 heterocycles. The van der Waals surface area contributed by atoms with Crippen molar-refractivity contribution in [2.75, 3.05) is 12.4 Å². The summed E-state index contributed by atoms with van der Waals surface area (Å²) in [6, 6.07) is 12.8. The van der Waals surface area contributed by atoms with E-state index in [9.17, 15) is 9.59 Å². The number of nitrogens with zero attached hydrogens (tertiary/aromatic N) is 3. The van der Waals surface area contributed by atoms with Crippen molar-refractivity contribution in [2.24, 2.45) is 0 Å². The summed E-state index contributed by atoms with van der Waals surface area (Å²) in [5.74, 6) is -0.535. The first-order valence-electron chi connectivity index (χ1n) is 8.08. The number of anilines is 1. The Balaban J connectivity index is 1.49. The lowest BCUT2D eigenvalue weighted by Crippen LogP contribution is -2.35. The molecule has 0 saturated carbocycles. The molecule has 2 aromatic heterocycles. The molecular formula is C18H17N5O4. The first-order valence-corrected chi connectivity index (χ1v) is 8.08. The van der Waals surface area contributed by atoms with Gasteiger partial charge in [-0.25, -0.2) is 4.98 Å². The minimum absolute atomic E-state index is 0.0467. The second-order valence-corrected chi connectivity index (χ2v) is 5.49. The van der Waals surface area contributed by atoms with Gasteiger partial charge in [-0.1, -0.05) is 35.5 Å². The fraction of sp³-hybridized carbons (Fsp3) is 0.167. The second-order valence-electron chi connectivity index (χ2n) is 5.49. The summed E-state index contributed by atoms with van der Waals surface area (Å²) in [5, 5.41) is 8.72. The van der Waals surface area contributed by atoms with Gasteiger partial charge in [0.2, 0.25) is 11.8 Å². The molecule has 3 rings (SSSR count). The van der Waals surface area contributed by atoms with Crippen molar-refractivity contribution in [1.82, 2.24) is 20.4 Å². The van der Waals surface area contributed by atoms with Crippen LogP contribution in [0.3, 0.4) is 0 Å². The largest absolute Gasteiger partial charge is 0.481 e. The summed E-state index contributed by atoms with van der Waals surface area (Å²) >= 11 is 0. The van der Waals surface area contributed by atoms with E-state index >= 15 is 0 Å². The van der Waals surface area contributed by atoms with Gasteiger partial charge in [0.1, 0.15) is 0 Å². The maximum Gasteiger partial charge on any atom is 0.313 e. The van der Waals surface area contributed by atoms with Crippen molar-refractivity contribution in [1.29, 1.82) is 0 Å². The summed E-state index contributed by atoms with van der Waals surface area (Å²) in [7, 11) is 1.48. The number of rotatable bonds is 6. The van der Waals surface area contributed by atoms with E-state index < -0.39 is 11.8 Å². The zero-order valence-electron chi connectivity index (χ0n) is 14.5. The van der Waals surface area contributed by atoms with Crippen LogP contribution in [0.5, 0.6) is 5.88 Å². The first-order chi connectivity index (χ1) is 13.1. The van der Waals surface area contributed by atoms with E-state index in [4.69, 9.17) is 9.26 Å². The predicted molar refractivity (Wildman–Crippen MR) is 94.8 cm³/mol. The molecule has 2 N–H and O–H groups in total. The van der Waals surface area contributed by atoms with E-state index in [2.05, 4.69) is 25.8 Å². The number of hydrogen-bond acceptors (Lipinski definition) is 7. The van der Waals surface area contributed by atoms with Crippen molar-refractivity contribution >= 4 is 17.5 Å². The van der Waals surface area contributed by atoms with Gasteiger partial charge in [-0.15, -0.1) is 0 Å². The van der Waals surface area contributed by atoms with Crippen LogP contribution in [0.2, 0.25) is 0 Å². The number of nitrogens with one attached hydrogen (secondary N) is 2. The van der Waals surface area contributed by atoms with Gasteiger partial charge in [-0.2, -0.15) is 4.98 Å². The average molecular weight is 367 g/mol. The highest BCUT2D eigenvalue weighted by molar-refractivity contribution is 6.39. The highest BCUT2D eigenvalue weighted by Crippen LogP contribution is 2.10. The third-order valence-electron chi connectivity index (χ3n) is 3.52. The minimum atomic E-state index is -0.828. The van der Waals surface area contributed by atoms with Crippen LogP contribution in [-0.4, -0.2) is 34.0 Å². The molecule has 0 aliphatic heterocycles. The number of benzene rings is 1. The number of hydrogen-bond donors (Lipinski definition) is 2. The Morgan fingerprint density at radius 1 is 1.11 bits per heavy atom. The van der Waals surface area contributed by atoms with Gasteiger partial charge in [0.25, 0.3) is 0 Å². The van der Waals surface area contributed by atoms with Crippen molar-refractivity contribution in [2.45, 2.75) is 13.0 Å². The second kappa shape index (κ2) is 8.56. The van der Waals surface area contributed by atoms with Crippen LogP contribution in [0.1, 0.15) is 17.3 Å². The van der Waals surface area contributed by atoms with Crippen LogP contribution in [-0.2, 0) is 22.6 Å². The predicted octanol–water partition coefficient (Wildman–Crippen LogP) is 1.32. The molecule has 9 nitrogen and oxygen atoms in total. The van der Waals surface area contributed by atoms with Gasteiger partial charge < -0.3 is 19.9 Å². The van der Waals surface area contributed by atoms with E-state index in [0.717, 1.165) is 5.56 Å². The van der Waals surface area contributed by atoms with Gasteiger partial charge in [0.05, 0.1) is 25.5 Å². The summed E-state index contributed by atoms with van der Waals surface area (Å²) in [5.41, 5.74) is 1.42. The summed E-state index contributed by atoms with van der Waals surface area (Å²) in [6.07, 6.45) is 1.90. The van der Waals surface area contributed by atoms with E-state index in [1.807, 2.05) is 30.3 Å². The van der Waals surface area contributed by atoms with Crippen LogP contribution < -0.4 is 15.4 Å². The van der Waals surface area contributed by atoms with Crippen LogP contribution in [0.4, 0.5) is 5.69 Å². The molecule has 0 aliphatic carbocycles. The van der Waals surface area contributed by atoms with E-state index in [1.165, 1.54) is 13.3 Å². The molecule has 1 aromatic carbocycles. The topological polar surface area (TPSA) is 119 Å². The maximum absolute atomic E-state index is 11.9. The highest BCUT2D eigenvalue weighted by atomic mass is 16.5. The molecule has 3 aromatic rings. The van der Waals surface area contributed by atoms with Crippen LogP contribution in [0, 0.1) is 0 Å². The normalized spacial score (nSPS) is 10.3. The van der Waals surface area contributed by atoms with Crippen LogP contribution in [0.15, 0.2) is 53.2 Å². The van der Waals surface area contributed by atoms with Crippen molar-refractivity contribution < 1.29 is 18.8 Å². The zero-order valence-corrected chi connectivity index (χ0v) is 14.5. The van der Waals surface area contributed by atoms with E-state index in [0.29, 0.717) is 23.8 Å². The Kier molecular flexibility index (Phi) is 5.73. The highest BCUT2D eigenvalue weighted by Gasteiger charge is 2.15. The number of ether oxygens (including phenoxy) is 1. The molecule has 0 bridgehead atoms. The monoisotopic (exact) mass is 367 g/mol. The maximum atomic E-state index is 11.9. The average Bonchev–Trinajstić information content (AvgIpc) is 3.14. The van der Waals surface area contributed by atoms with Gasteiger partial charge in [-0.05, 0) is 11.6 Å². The van der Waals surface area contributed by atoms with Crippen molar-refractivity contribution in [3.63, 3.8) is 0 Å².